The largest absolute Gasteiger partial charge is 0.370 e. The lowest BCUT2D eigenvalue weighted by Gasteiger charge is -2.23. The highest BCUT2D eigenvalue weighted by atomic mass is 32.1. The summed E-state index contributed by atoms with van der Waals surface area (Å²) < 4.78 is 0. The molecule has 0 radical (unpaired) electrons. The number of hydrogen-bond donors (Lipinski definition) is 3. The maximum Gasteiger partial charge on any atom is 0.194 e. The molecule has 0 saturated heterocycles. The Kier molecular flexibility index (Phi) is 6.33. The SMILES string of the molecule is C#CCNC(=S)N(CCCc1ccncc1)C(=N)N. The van der Waals surface area contributed by atoms with Gasteiger partial charge in [0.2, 0.25) is 0 Å². The Morgan fingerprint density at radius 3 is 2.79 bits per heavy atom. The molecule has 0 bridgehead atoms. The number of hydrogen-bond acceptors (Lipinski definition) is 3. The molecule has 19 heavy (non-hydrogen) atoms. The molecule has 4 N–H and O–H groups in total. The maximum absolute atomic E-state index is 7.52. The molecule has 0 atom stereocenters. The number of aromatic nitrogens is 1. The second-order valence-corrected chi connectivity index (χ2v) is 4.25. The van der Waals surface area contributed by atoms with E-state index in [4.69, 9.17) is 29.8 Å². The van der Waals surface area contributed by atoms with Crippen LogP contribution in [0.25, 0.3) is 0 Å². The van der Waals surface area contributed by atoms with E-state index in [1.165, 1.54) is 10.5 Å². The van der Waals surface area contributed by atoms with E-state index in [2.05, 4.69) is 16.2 Å². The summed E-state index contributed by atoms with van der Waals surface area (Å²) in [4.78, 5) is 5.50. The fourth-order valence-electron chi connectivity index (χ4n) is 1.54. The minimum Gasteiger partial charge on any atom is -0.370 e. The van der Waals surface area contributed by atoms with Crippen LogP contribution in [0, 0.1) is 17.8 Å². The molecule has 0 spiro atoms. The van der Waals surface area contributed by atoms with Crippen LogP contribution in [0.2, 0.25) is 0 Å². The van der Waals surface area contributed by atoms with Crippen LogP contribution >= 0.6 is 12.2 Å². The van der Waals surface area contributed by atoms with Crippen molar-refractivity contribution in [3.63, 3.8) is 0 Å². The first kappa shape index (κ1) is 14.9. The predicted octanol–water partition coefficient (Wildman–Crippen LogP) is 0.717. The van der Waals surface area contributed by atoms with Crippen LogP contribution in [0.4, 0.5) is 0 Å². The van der Waals surface area contributed by atoms with Crippen LogP contribution in [0.15, 0.2) is 24.5 Å². The van der Waals surface area contributed by atoms with Gasteiger partial charge in [-0.3, -0.25) is 15.3 Å². The van der Waals surface area contributed by atoms with Crippen LogP contribution in [-0.4, -0.2) is 34.0 Å². The first-order valence-electron chi connectivity index (χ1n) is 5.87. The van der Waals surface area contributed by atoms with Crippen molar-refractivity contribution < 1.29 is 0 Å². The third-order valence-corrected chi connectivity index (χ3v) is 2.84. The minimum absolute atomic E-state index is 0.0794. The van der Waals surface area contributed by atoms with Crippen molar-refractivity contribution in [3.8, 4) is 12.3 Å². The number of nitrogens with two attached hydrogens (primary N) is 1. The number of terminal acetylenes is 1. The number of guanidine groups is 1. The lowest BCUT2D eigenvalue weighted by Crippen LogP contribution is -2.47. The fourth-order valence-corrected chi connectivity index (χ4v) is 1.81. The Hall–Kier alpha value is -2.13. The third-order valence-electron chi connectivity index (χ3n) is 2.47. The third kappa shape index (κ3) is 5.36. The van der Waals surface area contributed by atoms with Crippen molar-refractivity contribution in [2.24, 2.45) is 5.73 Å². The second kappa shape index (κ2) is 8.06. The molecule has 0 aliphatic heterocycles. The molecular formula is C13H17N5S. The highest BCUT2D eigenvalue weighted by Crippen LogP contribution is 2.02. The van der Waals surface area contributed by atoms with Crippen LogP contribution < -0.4 is 11.1 Å². The van der Waals surface area contributed by atoms with Gasteiger partial charge in [-0.05, 0) is 42.8 Å². The molecule has 0 amide bonds. The molecular weight excluding hydrogens is 258 g/mol. The van der Waals surface area contributed by atoms with E-state index < -0.39 is 0 Å². The summed E-state index contributed by atoms with van der Waals surface area (Å²) in [6, 6.07) is 3.93. The molecule has 0 aliphatic carbocycles. The van der Waals surface area contributed by atoms with E-state index in [1.54, 1.807) is 12.4 Å². The van der Waals surface area contributed by atoms with E-state index in [0.29, 0.717) is 18.2 Å². The first-order valence-corrected chi connectivity index (χ1v) is 6.27. The normalized spacial score (nSPS) is 9.42. The predicted molar refractivity (Wildman–Crippen MR) is 80.6 cm³/mol. The van der Waals surface area contributed by atoms with E-state index >= 15 is 0 Å². The van der Waals surface area contributed by atoms with Gasteiger partial charge in [-0.25, -0.2) is 0 Å². The molecule has 5 nitrogen and oxygen atoms in total. The highest BCUT2D eigenvalue weighted by molar-refractivity contribution is 7.80. The summed E-state index contributed by atoms with van der Waals surface area (Å²) in [6.45, 7) is 0.904. The zero-order chi connectivity index (χ0) is 14.1. The molecule has 0 saturated carbocycles. The van der Waals surface area contributed by atoms with Crippen LogP contribution in [0.5, 0.6) is 0 Å². The quantitative estimate of drug-likeness (QED) is 0.319. The highest BCUT2D eigenvalue weighted by Gasteiger charge is 2.11. The summed E-state index contributed by atoms with van der Waals surface area (Å²) in [5.74, 6) is 2.35. The van der Waals surface area contributed by atoms with Crippen molar-refractivity contribution >= 4 is 23.3 Å². The topological polar surface area (TPSA) is 78.0 Å². The standard InChI is InChI=1S/C13H17N5S/c1-2-7-17-13(19)18(12(14)15)10-3-4-11-5-8-16-9-6-11/h1,5-6,8-9H,3-4,7,10H2,(H3,14,15)(H,17,19). The molecule has 6 heteroatoms. The fraction of sp³-hybridized carbons (Fsp3) is 0.308. The van der Waals surface area contributed by atoms with Crippen molar-refractivity contribution in [2.45, 2.75) is 12.8 Å². The molecule has 1 rings (SSSR count). The average molecular weight is 275 g/mol. The van der Waals surface area contributed by atoms with E-state index in [0.717, 1.165) is 12.8 Å². The van der Waals surface area contributed by atoms with Gasteiger partial charge in [0.1, 0.15) is 0 Å². The van der Waals surface area contributed by atoms with Crippen LogP contribution in [0.1, 0.15) is 12.0 Å². The first-order chi connectivity index (χ1) is 9.15. The molecule has 100 valence electrons. The maximum atomic E-state index is 7.52. The Morgan fingerprint density at radius 2 is 2.21 bits per heavy atom. The number of nitrogens with zero attached hydrogens (tertiary/aromatic N) is 2. The van der Waals surface area contributed by atoms with Gasteiger partial charge < -0.3 is 11.1 Å². The molecule has 0 unspecified atom stereocenters. The summed E-state index contributed by atoms with van der Waals surface area (Å²) in [7, 11) is 0. The molecule has 1 aromatic rings. The van der Waals surface area contributed by atoms with Crippen molar-refractivity contribution in [2.75, 3.05) is 13.1 Å². The van der Waals surface area contributed by atoms with Gasteiger partial charge in [-0.1, -0.05) is 5.92 Å². The van der Waals surface area contributed by atoms with Gasteiger partial charge in [-0.15, -0.1) is 6.42 Å². The van der Waals surface area contributed by atoms with Crippen molar-refractivity contribution in [1.29, 1.82) is 5.41 Å². The number of aryl methyl sites for hydroxylation is 1. The van der Waals surface area contributed by atoms with E-state index in [1.807, 2.05) is 12.1 Å². The lowest BCUT2D eigenvalue weighted by atomic mass is 10.1. The Morgan fingerprint density at radius 1 is 1.53 bits per heavy atom. The zero-order valence-corrected chi connectivity index (χ0v) is 11.4. The Labute approximate surface area is 118 Å². The molecule has 0 aromatic carbocycles. The summed E-state index contributed by atoms with van der Waals surface area (Å²) in [6.07, 6.45) is 10.4. The summed E-state index contributed by atoms with van der Waals surface area (Å²) in [5.41, 5.74) is 6.70. The molecule has 1 heterocycles. The van der Waals surface area contributed by atoms with Gasteiger partial charge in [0.15, 0.2) is 11.1 Å². The van der Waals surface area contributed by atoms with Crippen molar-refractivity contribution in [1.82, 2.24) is 15.2 Å². The van der Waals surface area contributed by atoms with Crippen LogP contribution in [0.3, 0.4) is 0 Å². The average Bonchev–Trinajstić information content (AvgIpc) is 2.41. The van der Waals surface area contributed by atoms with Gasteiger partial charge in [0.05, 0.1) is 6.54 Å². The van der Waals surface area contributed by atoms with Gasteiger partial charge >= 0.3 is 0 Å². The Balaban J connectivity index is 2.44. The number of pyridine rings is 1. The number of rotatable bonds is 5. The van der Waals surface area contributed by atoms with Gasteiger partial charge in [-0.2, -0.15) is 0 Å². The zero-order valence-electron chi connectivity index (χ0n) is 10.6. The minimum atomic E-state index is -0.0794. The number of nitrogens with one attached hydrogen (secondary N) is 2. The van der Waals surface area contributed by atoms with Gasteiger partial charge in [0, 0.05) is 18.9 Å². The number of thiocarbonyl (C=S) groups is 1. The summed E-state index contributed by atoms with van der Waals surface area (Å²) in [5, 5.41) is 10.8. The smallest absolute Gasteiger partial charge is 0.194 e. The molecule has 0 aliphatic rings. The van der Waals surface area contributed by atoms with Crippen LogP contribution in [-0.2, 0) is 6.42 Å². The lowest BCUT2D eigenvalue weighted by molar-refractivity contribution is 0.557. The van der Waals surface area contributed by atoms with E-state index in [9.17, 15) is 0 Å². The summed E-state index contributed by atoms with van der Waals surface area (Å²) >= 11 is 5.14. The molecule has 0 fully saturated rings. The Bertz CT molecular complexity index is 466. The van der Waals surface area contributed by atoms with E-state index in [-0.39, 0.29) is 5.96 Å². The molecule has 1 aromatic heterocycles. The van der Waals surface area contributed by atoms with Gasteiger partial charge in [0.25, 0.3) is 0 Å². The second-order valence-electron chi connectivity index (χ2n) is 3.86. The monoisotopic (exact) mass is 275 g/mol. The van der Waals surface area contributed by atoms with Crippen molar-refractivity contribution in [3.05, 3.63) is 30.1 Å².